The summed E-state index contributed by atoms with van der Waals surface area (Å²) < 4.78 is 6.65. The highest BCUT2D eigenvalue weighted by Crippen LogP contribution is 2.17. The summed E-state index contributed by atoms with van der Waals surface area (Å²) in [5.41, 5.74) is 1.56. The van der Waals surface area contributed by atoms with Crippen LogP contribution in [0.25, 0.3) is 11.0 Å². The fraction of sp³-hybridized carbons (Fsp3) is 0.312. The number of hydrogen-bond donors (Lipinski definition) is 2. The van der Waals surface area contributed by atoms with Gasteiger partial charge < -0.3 is 14.8 Å². The molecule has 3 aromatic rings. The number of nitrogens with zero attached hydrogens (tertiary/aromatic N) is 4. The van der Waals surface area contributed by atoms with Crippen molar-refractivity contribution in [3.8, 4) is 0 Å². The Balaban J connectivity index is 1.75. The van der Waals surface area contributed by atoms with Crippen molar-refractivity contribution in [1.82, 2.24) is 25.0 Å². The normalized spacial score (nSPS) is 11.1. The number of aliphatic hydroxyl groups excluding tert-OH is 1. The Kier molecular flexibility index (Phi) is 4.96. The van der Waals surface area contributed by atoms with Crippen LogP contribution in [0.1, 0.15) is 33.5 Å². The maximum Gasteiger partial charge on any atom is 0.216 e. The maximum absolute atomic E-state index is 12.5. The summed E-state index contributed by atoms with van der Waals surface area (Å²) >= 11 is 0. The highest BCUT2D eigenvalue weighted by atomic mass is 16.5. The molecule has 3 heterocycles. The number of ether oxygens (including phenoxy) is 1. The van der Waals surface area contributed by atoms with Crippen LogP contribution in [0.3, 0.4) is 0 Å². The van der Waals surface area contributed by atoms with Gasteiger partial charge in [-0.25, -0.2) is 9.67 Å². The smallest absolute Gasteiger partial charge is 0.216 e. The number of aromatic nitrogens is 5. The van der Waals surface area contributed by atoms with Crippen LogP contribution in [0.2, 0.25) is 0 Å². The van der Waals surface area contributed by atoms with Gasteiger partial charge in [0.1, 0.15) is 5.65 Å². The molecule has 9 heteroatoms. The van der Waals surface area contributed by atoms with E-state index in [0.29, 0.717) is 35.4 Å². The van der Waals surface area contributed by atoms with E-state index >= 15 is 0 Å². The molecule has 0 spiro atoms. The van der Waals surface area contributed by atoms with Crippen molar-refractivity contribution < 1.29 is 19.4 Å². The van der Waals surface area contributed by atoms with Crippen LogP contribution in [0, 0.1) is 0 Å². The molecular weight excluding hydrogens is 326 g/mol. The number of nitrogens with one attached hydrogen (secondary N) is 1. The van der Waals surface area contributed by atoms with Gasteiger partial charge in [0.25, 0.3) is 0 Å². The number of fused-ring (bicyclic) bond motifs is 1. The molecule has 2 N–H and O–H groups in total. The predicted molar refractivity (Wildman–Crippen MR) is 87.5 cm³/mol. The highest BCUT2D eigenvalue weighted by Gasteiger charge is 2.15. The van der Waals surface area contributed by atoms with E-state index in [1.807, 2.05) is 0 Å². The van der Waals surface area contributed by atoms with Crippen molar-refractivity contribution >= 4 is 22.6 Å². The zero-order chi connectivity index (χ0) is 17.8. The third-order valence-electron chi connectivity index (χ3n) is 3.58. The number of Topliss-reactive ketones (excluding diaryl/α,β-unsaturated/α-hetero) is 1. The molecule has 0 aliphatic carbocycles. The lowest BCUT2D eigenvalue weighted by Gasteiger charge is -2.01. The molecule has 0 saturated heterocycles. The van der Waals surface area contributed by atoms with Crippen molar-refractivity contribution in [1.29, 1.82) is 0 Å². The van der Waals surface area contributed by atoms with Crippen LogP contribution >= 0.6 is 0 Å². The van der Waals surface area contributed by atoms with E-state index in [2.05, 4.69) is 20.3 Å². The maximum atomic E-state index is 12.5. The van der Waals surface area contributed by atoms with Gasteiger partial charge in [-0.2, -0.15) is 0 Å². The number of carbonyl (C=O) groups excluding carboxylic acids is 2. The van der Waals surface area contributed by atoms with Gasteiger partial charge in [-0.15, -0.1) is 5.10 Å². The van der Waals surface area contributed by atoms with Crippen LogP contribution in [-0.4, -0.2) is 61.5 Å². The fourth-order valence-corrected chi connectivity index (χ4v) is 2.31. The van der Waals surface area contributed by atoms with Gasteiger partial charge in [-0.05, 0) is 12.1 Å². The molecule has 0 radical (unpaired) electrons. The number of pyridine rings is 1. The summed E-state index contributed by atoms with van der Waals surface area (Å²) in [5, 5.41) is 17.1. The third-order valence-corrected chi connectivity index (χ3v) is 3.58. The molecule has 9 nitrogen and oxygen atoms in total. The van der Waals surface area contributed by atoms with E-state index in [-0.39, 0.29) is 30.5 Å². The van der Waals surface area contributed by atoms with Crippen molar-refractivity contribution in [2.24, 2.45) is 0 Å². The quantitative estimate of drug-likeness (QED) is 0.453. The molecule has 25 heavy (non-hydrogen) atoms. The molecule has 0 aliphatic rings. The minimum atomic E-state index is -0.303. The Labute approximate surface area is 142 Å². The Hall–Kier alpha value is -2.91. The fourth-order valence-electron chi connectivity index (χ4n) is 2.31. The van der Waals surface area contributed by atoms with Crippen LogP contribution in [0.5, 0.6) is 0 Å². The number of aromatic amines is 1. The summed E-state index contributed by atoms with van der Waals surface area (Å²) in [7, 11) is 0. The van der Waals surface area contributed by atoms with Gasteiger partial charge >= 0.3 is 0 Å². The van der Waals surface area contributed by atoms with Gasteiger partial charge in [0, 0.05) is 24.1 Å². The van der Waals surface area contributed by atoms with Gasteiger partial charge in [0.15, 0.2) is 11.5 Å². The minimum absolute atomic E-state index is 0.0406. The lowest BCUT2D eigenvalue weighted by atomic mass is 10.1. The molecule has 3 aromatic heterocycles. The number of carbonyl (C=O) groups is 2. The second-order valence-electron chi connectivity index (χ2n) is 5.43. The number of H-pyrrole nitrogens is 1. The summed E-state index contributed by atoms with van der Waals surface area (Å²) in [6.45, 7) is 2.46. The minimum Gasteiger partial charge on any atom is -0.394 e. The first-order chi connectivity index (χ1) is 12.1. The van der Waals surface area contributed by atoms with Crippen molar-refractivity contribution in [3.05, 3.63) is 41.5 Å². The summed E-state index contributed by atoms with van der Waals surface area (Å²) in [6.07, 6.45) is 2.97. The molecule has 0 unspecified atom stereocenters. The van der Waals surface area contributed by atoms with E-state index in [9.17, 15) is 9.59 Å². The Bertz CT molecular complexity index is 914. The molecular formula is C16H17N5O4. The molecule has 0 aromatic carbocycles. The Morgan fingerprint density at radius 3 is 2.92 bits per heavy atom. The highest BCUT2D eigenvalue weighted by molar-refractivity contribution is 6.09. The lowest BCUT2D eigenvalue weighted by Crippen LogP contribution is -2.09. The van der Waals surface area contributed by atoms with E-state index in [1.165, 1.54) is 24.0 Å². The van der Waals surface area contributed by atoms with E-state index < -0.39 is 0 Å². The molecule has 0 amide bonds. The lowest BCUT2D eigenvalue weighted by molar-refractivity contribution is 0.0851. The van der Waals surface area contributed by atoms with Gasteiger partial charge in [0.2, 0.25) is 5.78 Å². The molecule has 0 atom stereocenters. The predicted octanol–water partition coefficient (Wildman–Crippen LogP) is 0.597. The number of ketones is 2. The third kappa shape index (κ3) is 3.78. The number of aliphatic hydroxyl groups is 1. The second-order valence-corrected chi connectivity index (χ2v) is 5.43. The first-order valence-corrected chi connectivity index (χ1v) is 7.71. The van der Waals surface area contributed by atoms with Crippen LogP contribution in [0.15, 0.2) is 24.5 Å². The van der Waals surface area contributed by atoms with Crippen LogP contribution in [-0.2, 0) is 11.3 Å². The topological polar surface area (TPSA) is 123 Å². The van der Waals surface area contributed by atoms with Crippen LogP contribution < -0.4 is 0 Å². The van der Waals surface area contributed by atoms with Crippen molar-refractivity contribution in [2.45, 2.75) is 13.5 Å². The molecule has 0 saturated carbocycles. The molecule has 3 rings (SSSR count). The zero-order valence-corrected chi connectivity index (χ0v) is 13.6. The van der Waals surface area contributed by atoms with Crippen LogP contribution in [0.4, 0.5) is 0 Å². The van der Waals surface area contributed by atoms with Gasteiger partial charge in [-0.1, -0.05) is 5.21 Å². The average molecular weight is 343 g/mol. The van der Waals surface area contributed by atoms with E-state index in [4.69, 9.17) is 9.84 Å². The molecule has 0 bridgehead atoms. The van der Waals surface area contributed by atoms with Gasteiger partial charge in [0.05, 0.1) is 38.3 Å². The molecule has 130 valence electrons. The zero-order valence-electron chi connectivity index (χ0n) is 13.6. The number of hydrogen-bond acceptors (Lipinski definition) is 7. The second kappa shape index (κ2) is 7.32. The molecule has 0 fully saturated rings. The SMILES string of the molecule is CC(=O)c1cc2cc(C(=O)c3cn(CCOCCO)nn3)cnc2[nH]1. The first kappa shape index (κ1) is 16.9. The summed E-state index contributed by atoms with van der Waals surface area (Å²) in [4.78, 5) is 31.0. The Morgan fingerprint density at radius 2 is 2.16 bits per heavy atom. The van der Waals surface area contributed by atoms with E-state index in [1.54, 1.807) is 12.1 Å². The monoisotopic (exact) mass is 343 g/mol. The first-order valence-electron chi connectivity index (χ1n) is 7.71. The van der Waals surface area contributed by atoms with Crippen molar-refractivity contribution in [2.75, 3.05) is 19.8 Å². The Morgan fingerprint density at radius 1 is 1.32 bits per heavy atom. The average Bonchev–Trinajstić information content (AvgIpc) is 3.24. The number of rotatable bonds is 8. The van der Waals surface area contributed by atoms with E-state index in [0.717, 1.165) is 0 Å². The standard InChI is InChI=1S/C16H17N5O4/c1-10(23)13-7-11-6-12(8-17-16(11)18-13)15(24)14-9-21(20-19-14)2-4-25-5-3-22/h6-9,22H,2-5H2,1H3,(H,17,18). The largest absolute Gasteiger partial charge is 0.394 e. The van der Waals surface area contributed by atoms with Crippen molar-refractivity contribution in [3.63, 3.8) is 0 Å². The van der Waals surface area contributed by atoms with Gasteiger partial charge in [-0.3, -0.25) is 9.59 Å². The summed E-state index contributed by atoms with van der Waals surface area (Å²) in [6, 6.07) is 3.33. The molecule has 0 aliphatic heterocycles. The summed E-state index contributed by atoms with van der Waals surface area (Å²) in [5.74, 6) is -0.403.